The number of aromatic nitrogens is 1. The molecule has 0 radical (unpaired) electrons. The van der Waals surface area contributed by atoms with Crippen molar-refractivity contribution in [2.45, 2.75) is 96.1 Å². The van der Waals surface area contributed by atoms with Gasteiger partial charge in [-0.05, 0) is 61.2 Å². The van der Waals surface area contributed by atoms with E-state index in [9.17, 15) is 9.59 Å². The number of unbranched alkanes of at least 4 members (excludes halogenated alkanes) is 8. The Balaban J connectivity index is 1.28. The highest BCUT2D eigenvalue weighted by Crippen LogP contribution is 2.42. The van der Waals surface area contributed by atoms with Gasteiger partial charge in [-0.3, -0.25) is 14.5 Å². The Morgan fingerprint density at radius 3 is 2.15 bits per heavy atom. The van der Waals surface area contributed by atoms with Crippen molar-refractivity contribution in [1.82, 2.24) is 9.47 Å². The number of anilines is 1. The number of halogens is 1. The molecule has 3 aromatic rings. The number of hydrogen-bond acceptors (Lipinski definition) is 2. The highest BCUT2D eigenvalue weighted by molar-refractivity contribution is 6.30. The van der Waals surface area contributed by atoms with Crippen LogP contribution in [0.5, 0.6) is 0 Å². The standard InChI is InChI=1S/C34H42ClN3O2/c1-2-3-4-5-6-7-8-9-10-17-32(39)37(28-22-23-28)25-33(40)38-30-15-12-11-14-29(30)36-24-13-16-31(36)34(38)26-18-20-27(35)21-19-26/h11-16,18-21,24,28,34H,2-10,17,22-23,25H2,1H3. The number of nitrogens with zero attached hydrogens (tertiary/aromatic N) is 3. The van der Waals surface area contributed by atoms with Gasteiger partial charge in [0.25, 0.3) is 0 Å². The molecule has 212 valence electrons. The van der Waals surface area contributed by atoms with Gasteiger partial charge in [-0.15, -0.1) is 0 Å². The fourth-order valence-corrected chi connectivity index (χ4v) is 6.11. The van der Waals surface area contributed by atoms with Gasteiger partial charge < -0.3 is 9.47 Å². The summed E-state index contributed by atoms with van der Waals surface area (Å²) >= 11 is 6.22. The average Bonchev–Trinajstić information content (AvgIpc) is 3.69. The van der Waals surface area contributed by atoms with E-state index in [-0.39, 0.29) is 30.4 Å². The molecule has 1 aromatic heterocycles. The molecule has 2 amide bonds. The van der Waals surface area contributed by atoms with E-state index in [0.29, 0.717) is 11.4 Å². The molecule has 0 bridgehead atoms. The minimum Gasteiger partial charge on any atom is -0.330 e. The van der Waals surface area contributed by atoms with Crippen molar-refractivity contribution in [2.75, 3.05) is 11.4 Å². The van der Waals surface area contributed by atoms with Crippen LogP contribution in [0, 0.1) is 0 Å². The van der Waals surface area contributed by atoms with E-state index in [4.69, 9.17) is 11.6 Å². The molecule has 2 aromatic carbocycles. The molecule has 40 heavy (non-hydrogen) atoms. The fourth-order valence-electron chi connectivity index (χ4n) is 5.98. The lowest BCUT2D eigenvalue weighted by Gasteiger charge is -2.39. The van der Waals surface area contributed by atoms with Crippen LogP contribution in [0.25, 0.3) is 5.69 Å². The largest absolute Gasteiger partial charge is 0.330 e. The normalized spacial score (nSPS) is 15.9. The third-order valence-electron chi connectivity index (χ3n) is 8.28. The maximum absolute atomic E-state index is 14.2. The molecule has 0 N–H and O–H groups in total. The van der Waals surface area contributed by atoms with Gasteiger partial charge in [-0.2, -0.15) is 0 Å². The van der Waals surface area contributed by atoms with Crippen molar-refractivity contribution in [3.05, 3.63) is 83.1 Å². The van der Waals surface area contributed by atoms with Crippen LogP contribution in [0.1, 0.15) is 101 Å². The second-order valence-corrected chi connectivity index (χ2v) is 11.8. The van der Waals surface area contributed by atoms with Gasteiger partial charge in [-0.1, -0.05) is 94.2 Å². The van der Waals surface area contributed by atoms with Gasteiger partial charge >= 0.3 is 0 Å². The van der Waals surface area contributed by atoms with Crippen LogP contribution in [0.4, 0.5) is 5.69 Å². The van der Waals surface area contributed by atoms with Gasteiger partial charge in [0.2, 0.25) is 11.8 Å². The van der Waals surface area contributed by atoms with Gasteiger partial charge in [0.15, 0.2) is 0 Å². The number of benzene rings is 2. The SMILES string of the molecule is CCCCCCCCCCCC(=O)N(CC(=O)N1c2ccccc2-n2cccc2C1c1ccc(Cl)cc1)C1CC1. The van der Waals surface area contributed by atoms with Gasteiger partial charge in [0.1, 0.15) is 12.6 Å². The molecule has 1 atom stereocenters. The Hall–Kier alpha value is -3.05. The van der Waals surface area contributed by atoms with E-state index >= 15 is 0 Å². The summed E-state index contributed by atoms with van der Waals surface area (Å²) in [4.78, 5) is 31.3. The van der Waals surface area contributed by atoms with Crippen molar-refractivity contribution in [2.24, 2.45) is 0 Å². The van der Waals surface area contributed by atoms with Crippen molar-refractivity contribution >= 4 is 29.1 Å². The highest BCUT2D eigenvalue weighted by Gasteiger charge is 2.39. The number of rotatable bonds is 14. The summed E-state index contributed by atoms with van der Waals surface area (Å²) in [6.45, 7) is 2.36. The molecule has 5 rings (SSSR count). The Morgan fingerprint density at radius 2 is 1.48 bits per heavy atom. The quantitative estimate of drug-likeness (QED) is 0.186. The third-order valence-corrected chi connectivity index (χ3v) is 8.53. The summed E-state index contributed by atoms with van der Waals surface area (Å²) in [5, 5.41) is 0.662. The van der Waals surface area contributed by atoms with E-state index < -0.39 is 0 Å². The lowest BCUT2D eigenvalue weighted by atomic mass is 9.97. The molecular weight excluding hydrogens is 518 g/mol. The third kappa shape index (κ3) is 6.63. The summed E-state index contributed by atoms with van der Waals surface area (Å²) in [6.07, 6.45) is 15.5. The zero-order valence-corrected chi connectivity index (χ0v) is 24.5. The average molecular weight is 560 g/mol. The number of carbonyl (C=O) groups is 2. The van der Waals surface area contributed by atoms with Gasteiger partial charge in [-0.25, -0.2) is 0 Å². The molecule has 2 heterocycles. The molecule has 2 aliphatic rings. The molecule has 1 saturated carbocycles. The minimum atomic E-state index is -0.303. The molecule has 1 fully saturated rings. The first-order valence-corrected chi connectivity index (χ1v) is 15.6. The molecule has 5 nitrogen and oxygen atoms in total. The fraction of sp³-hybridized carbons (Fsp3) is 0.471. The first-order chi connectivity index (χ1) is 19.6. The predicted octanol–water partition coefficient (Wildman–Crippen LogP) is 8.48. The number of hydrogen-bond donors (Lipinski definition) is 0. The first-order valence-electron chi connectivity index (χ1n) is 15.2. The van der Waals surface area contributed by atoms with Gasteiger partial charge in [0.05, 0.1) is 17.1 Å². The van der Waals surface area contributed by atoms with E-state index in [0.717, 1.165) is 48.3 Å². The van der Waals surface area contributed by atoms with Crippen LogP contribution >= 0.6 is 11.6 Å². The molecule has 0 spiro atoms. The Kier molecular flexibility index (Phi) is 9.64. The van der Waals surface area contributed by atoms with Crippen molar-refractivity contribution in [3.63, 3.8) is 0 Å². The monoisotopic (exact) mass is 559 g/mol. The topological polar surface area (TPSA) is 45.6 Å². The molecular formula is C34H42ClN3O2. The minimum absolute atomic E-state index is 0.0489. The maximum atomic E-state index is 14.2. The smallest absolute Gasteiger partial charge is 0.247 e. The number of fused-ring (bicyclic) bond motifs is 3. The molecule has 1 aliphatic heterocycles. The molecule has 1 aliphatic carbocycles. The Morgan fingerprint density at radius 1 is 0.825 bits per heavy atom. The van der Waals surface area contributed by atoms with E-state index in [1.165, 1.54) is 44.9 Å². The number of amides is 2. The van der Waals surface area contributed by atoms with Crippen LogP contribution in [0.3, 0.4) is 0 Å². The Bertz CT molecular complexity index is 1280. The summed E-state index contributed by atoms with van der Waals surface area (Å²) in [5.41, 5.74) is 3.85. The number of para-hydroxylation sites is 2. The predicted molar refractivity (Wildman–Crippen MR) is 163 cm³/mol. The molecule has 0 saturated heterocycles. The molecule has 1 unspecified atom stereocenters. The zero-order valence-electron chi connectivity index (χ0n) is 23.7. The summed E-state index contributed by atoms with van der Waals surface area (Å²) in [7, 11) is 0. The van der Waals surface area contributed by atoms with Crippen molar-refractivity contribution in [3.8, 4) is 5.69 Å². The van der Waals surface area contributed by atoms with Crippen molar-refractivity contribution in [1.29, 1.82) is 0 Å². The van der Waals surface area contributed by atoms with Gasteiger partial charge in [0, 0.05) is 23.7 Å². The second kappa shape index (κ2) is 13.5. The van der Waals surface area contributed by atoms with Crippen LogP contribution < -0.4 is 4.90 Å². The van der Waals surface area contributed by atoms with Crippen molar-refractivity contribution < 1.29 is 9.59 Å². The zero-order chi connectivity index (χ0) is 27.9. The summed E-state index contributed by atoms with van der Waals surface area (Å²) < 4.78 is 2.16. The van der Waals surface area contributed by atoms with Crippen LogP contribution in [0.15, 0.2) is 66.9 Å². The second-order valence-electron chi connectivity index (χ2n) is 11.3. The summed E-state index contributed by atoms with van der Waals surface area (Å²) in [6, 6.07) is 19.7. The maximum Gasteiger partial charge on any atom is 0.247 e. The molecule has 6 heteroatoms. The van der Waals surface area contributed by atoms with E-state index in [1.54, 1.807) is 0 Å². The van der Waals surface area contributed by atoms with E-state index in [2.05, 4.69) is 17.6 Å². The van der Waals surface area contributed by atoms with Crippen LogP contribution in [-0.2, 0) is 9.59 Å². The highest BCUT2D eigenvalue weighted by atomic mass is 35.5. The Labute approximate surface area is 244 Å². The van der Waals surface area contributed by atoms with E-state index in [1.807, 2.05) is 70.6 Å². The number of carbonyl (C=O) groups excluding carboxylic acids is 2. The van der Waals surface area contributed by atoms with Crippen LogP contribution in [-0.4, -0.2) is 33.9 Å². The lowest BCUT2D eigenvalue weighted by Crippen LogP contribution is -2.47. The summed E-state index contributed by atoms with van der Waals surface area (Å²) in [5.74, 6) is 0.0719. The lowest BCUT2D eigenvalue weighted by molar-refractivity contribution is -0.136. The van der Waals surface area contributed by atoms with Crippen LogP contribution in [0.2, 0.25) is 5.02 Å². The first kappa shape index (κ1) is 28.5.